The molecule has 1 rings (SSSR count). The first-order chi connectivity index (χ1) is 7.28. The summed E-state index contributed by atoms with van der Waals surface area (Å²) >= 11 is 0. The minimum atomic E-state index is -2.94. The first-order valence-corrected chi connectivity index (χ1v) is 7.32. The molecule has 0 aromatic carbocycles. The van der Waals surface area contributed by atoms with Crippen LogP contribution in [-0.4, -0.2) is 36.2 Å². The molecule has 0 aliphatic rings. The molecule has 0 amide bonds. The van der Waals surface area contributed by atoms with Crippen molar-refractivity contribution in [2.75, 3.05) is 17.3 Å². The highest BCUT2D eigenvalue weighted by Gasteiger charge is 2.11. The Kier molecular flexibility index (Phi) is 3.96. The van der Waals surface area contributed by atoms with Crippen LogP contribution in [0, 0.1) is 0 Å². The molecular weight excluding hydrogens is 226 g/mol. The molecule has 1 aromatic heterocycles. The summed E-state index contributed by atoms with van der Waals surface area (Å²) in [6.07, 6.45) is 4.82. The Bertz CT molecular complexity index is 437. The first kappa shape index (κ1) is 13.0. The Hall–Kier alpha value is -1.04. The Labute approximate surface area is 96.8 Å². The van der Waals surface area contributed by atoms with Crippen LogP contribution in [0.3, 0.4) is 0 Å². The van der Waals surface area contributed by atoms with Crippen molar-refractivity contribution < 1.29 is 8.42 Å². The fourth-order valence-corrected chi connectivity index (χ4v) is 2.47. The van der Waals surface area contributed by atoms with Crippen molar-refractivity contribution in [3.05, 3.63) is 12.4 Å². The van der Waals surface area contributed by atoms with E-state index in [1.165, 1.54) is 6.26 Å². The van der Waals surface area contributed by atoms with Crippen molar-refractivity contribution >= 4 is 15.5 Å². The van der Waals surface area contributed by atoms with E-state index in [0.29, 0.717) is 6.04 Å². The third kappa shape index (κ3) is 4.22. The lowest BCUT2D eigenvalue weighted by molar-refractivity contribution is 0.532. The lowest BCUT2D eigenvalue weighted by atomic mass is 10.3. The molecule has 0 spiro atoms. The van der Waals surface area contributed by atoms with Gasteiger partial charge in [-0.1, -0.05) is 0 Å². The molecule has 0 bridgehead atoms. The van der Waals surface area contributed by atoms with Gasteiger partial charge in [0.2, 0.25) is 0 Å². The molecule has 1 unspecified atom stereocenters. The van der Waals surface area contributed by atoms with Crippen LogP contribution >= 0.6 is 0 Å². The van der Waals surface area contributed by atoms with Crippen LogP contribution in [0.25, 0.3) is 0 Å². The number of nitrogens with zero attached hydrogens (tertiary/aromatic N) is 2. The van der Waals surface area contributed by atoms with Gasteiger partial charge in [-0.15, -0.1) is 0 Å². The van der Waals surface area contributed by atoms with Gasteiger partial charge in [-0.3, -0.25) is 4.68 Å². The lowest BCUT2D eigenvalue weighted by Crippen LogP contribution is -2.24. The Balaban J connectivity index is 2.59. The average Bonchev–Trinajstić information content (AvgIpc) is 2.48. The summed E-state index contributed by atoms with van der Waals surface area (Å²) in [6.45, 7) is 5.92. The van der Waals surface area contributed by atoms with Gasteiger partial charge in [-0.05, 0) is 20.8 Å². The van der Waals surface area contributed by atoms with E-state index in [4.69, 9.17) is 0 Å². The standard InChI is InChI=1S/C10H19N3O2S/c1-8(2)13-6-10(5-11-13)12-9(3)7-16(4,14)15/h5-6,8-9,12H,7H2,1-4H3. The first-order valence-electron chi connectivity index (χ1n) is 5.26. The number of anilines is 1. The van der Waals surface area contributed by atoms with Gasteiger partial charge in [0, 0.05) is 24.5 Å². The van der Waals surface area contributed by atoms with E-state index < -0.39 is 9.84 Å². The number of hydrogen-bond acceptors (Lipinski definition) is 4. The van der Waals surface area contributed by atoms with Gasteiger partial charge in [0.05, 0.1) is 17.6 Å². The summed E-state index contributed by atoms with van der Waals surface area (Å²) in [5.74, 6) is 0.125. The number of rotatable bonds is 5. The van der Waals surface area contributed by atoms with E-state index in [9.17, 15) is 8.42 Å². The van der Waals surface area contributed by atoms with Crippen LogP contribution in [0.2, 0.25) is 0 Å². The highest BCUT2D eigenvalue weighted by atomic mass is 32.2. The number of hydrogen-bond donors (Lipinski definition) is 1. The van der Waals surface area contributed by atoms with Crippen LogP contribution in [0.1, 0.15) is 26.8 Å². The zero-order valence-corrected chi connectivity index (χ0v) is 11.0. The van der Waals surface area contributed by atoms with Gasteiger partial charge in [-0.25, -0.2) is 8.42 Å². The van der Waals surface area contributed by atoms with Crippen LogP contribution in [0.4, 0.5) is 5.69 Å². The molecule has 0 saturated heterocycles. The Morgan fingerprint density at radius 1 is 1.44 bits per heavy atom. The van der Waals surface area contributed by atoms with Gasteiger partial charge < -0.3 is 5.32 Å². The zero-order valence-electron chi connectivity index (χ0n) is 10.1. The van der Waals surface area contributed by atoms with E-state index in [0.717, 1.165) is 5.69 Å². The van der Waals surface area contributed by atoms with Crippen molar-refractivity contribution in [2.24, 2.45) is 0 Å². The zero-order chi connectivity index (χ0) is 12.3. The average molecular weight is 245 g/mol. The molecule has 1 heterocycles. The maximum atomic E-state index is 11.1. The van der Waals surface area contributed by atoms with Crippen molar-refractivity contribution in [2.45, 2.75) is 32.9 Å². The molecule has 5 nitrogen and oxygen atoms in total. The second-order valence-electron chi connectivity index (χ2n) is 4.44. The summed E-state index contributed by atoms with van der Waals surface area (Å²) < 4.78 is 24.0. The highest BCUT2D eigenvalue weighted by Crippen LogP contribution is 2.11. The van der Waals surface area contributed by atoms with Crippen molar-refractivity contribution in [3.63, 3.8) is 0 Å². The topological polar surface area (TPSA) is 64.0 Å². The summed E-state index contributed by atoms with van der Waals surface area (Å²) in [4.78, 5) is 0. The largest absolute Gasteiger partial charge is 0.379 e. The minimum absolute atomic E-state index is 0.111. The third-order valence-corrected chi connectivity index (χ3v) is 3.20. The van der Waals surface area contributed by atoms with Crippen molar-refractivity contribution in [3.8, 4) is 0 Å². The molecule has 0 fully saturated rings. The van der Waals surface area contributed by atoms with Gasteiger partial charge in [0.1, 0.15) is 9.84 Å². The van der Waals surface area contributed by atoms with Gasteiger partial charge >= 0.3 is 0 Å². The van der Waals surface area contributed by atoms with Crippen LogP contribution in [-0.2, 0) is 9.84 Å². The SMILES string of the molecule is CC(CS(C)(=O)=O)Nc1cnn(C(C)C)c1. The molecule has 1 N–H and O–H groups in total. The molecule has 6 heteroatoms. The predicted molar refractivity (Wildman–Crippen MR) is 65.4 cm³/mol. The maximum absolute atomic E-state index is 11.1. The van der Waals surface area contributed by atoms with Crippen LogP contribution in [0.5, 0.6) is 0 Å². The van der Waals surface area contributed by atoms with E-state index in [1.54, 1.807) is 6.20 Å². The molecule has 1 aromatic rings. The quantitative estimate of drug-likeness (QED) is 0.849. The molecule has 0 aliphatic carbocycles. The fraction of sp³-hybridized carbons (Fsp3) is 0.700. The van der Waals surface area contributed by atoms with Crippen molar-refractivity contribution in [1.82, 2.24) is 9.78 Å². The highest BCUT2D eigenvalue weighted by molar-refractivity contribution is 7.90. The van der Waals surface area contributed by atoms with Gasteiger partial charge in [0.15, 0.2) is 0 Å². The van der Waals surface area contributed by atoms with Crippen LogP contribution in [0.15, 0.2) is 12.4 Å². The molecular formula is C10H19N3O2S. The normalized spacial score (nSPS) is 14.1. The Morgan fingerprint density at radius 2 is 2.06 bits per heavy atom. The molecule has 92 valence electrons. The number of aromatic nitrogens is 2. The Morgan fingerprint density at radius 3 is 2.50 bits per heavy atom. The monoisotopic (exact) mass is 245 g/mol. The third-order valence-electron chi connectivity index (χ3n) is 2.10. The van der Waals surface area contributed by atoms with Gasteiger partial charge in [0.25, 0.3) is 0 Å². The molecule has 0 radical (unpaired) electrons. The predicted octanol–water partition coefficient (Wildman–Crippen LogP) is 1.31. The fourth-order valence-electron chi connectivity index (χ4n) is 1.48. The number of sulfone groups is 1. The van der Waals surface area contributed by atoms with E-state index in [-0.39, 0.29) is 11.8 Å². The lowest BCUT2D eigenvalue weighted by Gasteiger charge is -2.12. The number of nitrogens with one attached hydrogen (secondary N) is 1. The summed E-state index contributed by atoms with van der Waals surface area (Å²) in [7, 11) is -2.94. The molecule has 0 saturated carbocycles. The second-order valence-corrected chi connectivity index (χ2v) is 6.63. The summed E-state index contributed by atoms with van der Waals surface area (Å²) in [5, 5.41) is 7.28. The van der Waals surface area contributed by atoms with E-state index in [1.807, 2.05) is 31.6 Å². The molecule has 1 atom stereocenters. The second kappa shape index (κ2) is 4.86. The van der Waals surface area contributed by atoms with E-state index in [2.05, 4.69) is 10.4 Å². The summed E-state index contributed by atoms with van der Waals surface area (Å²) in [5.41, 5.74) is 0.852. The molecule has 0 aliphatic heterocycles. The van der Waals surface area contributed by atoms with E-state index >= 15 is 0 Å². The van der Waals surface area contributed by atoms with Crippen LogP contribution < -0.4 is 5.32 Å². The van der Waals surface area contributed by atoms with Crippen molar-refractivity contribution in [1.29, 1.82) is 0 Å². The van der Waals surface area contributed by atoms with Gasteiger partial charge in [-0.2, -0.15) is 5.10 Å². The maximum Gasteiger partial charge on any atom is 0.149 e. The smallest absolute Gasteiger partial charge is 0.149 e. The minimum Gasteiger partial charge on any atom is -0.379 e. The molecule has 16 heavy (non-hydrogen) atoms. The summed E-state index contributed by atoms with van der Waals surface area (Å²) in [6, 6.07) is 0.195.